The molecule has 0 aliphatic carbocycles. The highest BCUT2D eigenvalue weighted by molar-refractivity contribution is 5.94. The summed E-state index contributed by atoms with van der Waals surface area (Å²) in [4.78, 5) is 25.7. The predicted octanol–water partition coefficient (Wildman–Crippen LogP) is 1.06. The fraction of sp³-hybridized carbons (Fsp3) is 0.250. The van der Waals surface area contributed by atoms with Crippen LogP contribution in [0.1, 0.15) is 22.7 Å². The minimum atomic E-state index is -1.16. The Morgan fingerprint density at radius 2 is 2.16 bits per heavy atom. The maximum absolute atomic E-state index is 11.1. The number of aromatic carboxylic acids is 1. The summed E-state index contributed by atoms with van der Waals surface area (Å²) in [5.74, 6) is -1.20. The molecule has 2 N–H and O–H groups in total. The van der Waals surface area contributed by atoms with Crippen molar-refractivity contribution in [2.75, 3.05) is 7.11 Å². The van der Waals surface area contributed by atoms with Crippen LogP contribution in [0.25, 0.3) is 5.52 Å². The number of ether oxygens (including phenoxy) is 1. The van der Waals surface area contributed by atoms with Crippen molar-refractivity contribution in [1.82, 2.24) is 9.38 Å². The number of hydrogen-bond donors (Lipinski definition) is 2. The second-order valence-corrected chi connectivity index (χ2v) is 3.90. The minimum Gasteiger partial charge on any atom is -0.497 e. The number of fused-ring (bicyclic) bond motifs is 1. The SMILES string of the molecule is COc1ccn2c(CCC(=O)O)nc(C(=O)O)c2c1. The zero-order chi connectivity index (χ0) is 14.0. The van der Waals surface area contributed by atoms with Gasteiger partial charge in [0, 0.05) is 18.7 Å². The number of imidazole rings is 1. The van der Waals surface area contributed by atoms with Crippen LogP contribution >= 0.6 is 0 Å². The average molecular weight is 264 g/mol. The lowest BCUT2D eigenvalue weighted by Gasteiger charge is -2.02. The largest absolute Gasteiger partial charge is 0.497 e. The number of carbonyl (C=O) groups is 2. The predicted molar refractivity (Wildman–Crippen MR) is 64.7 cm³/mol. The molecule has 0 bridgehead atoms. The van der Waals surface area contributed by atoms with E-state index in [1.54, 1.807) is 22.7 Å². The van der Waals surface area contributed by atoms with E-state index in [0.717, 1.165) is 0 Å². The summed E-state index contributed by atoms with van der Waals surface area (Å²) < 4.78 is 6.60. The third kappa shape index (κ3) is 2.49. The van der Waals surface area contributed by atoms with Crippen LogP contribution in [0.3, 0.4) is 0 Å². The molecule has 2 heterocycles. The summed E-state index contributed by atoms with van der Waals surface area (Å²) in [5, 5.41) is 17.8. The number of aryl methyl sites for hydroxylation is 1. The highest BCUT2D eigenvalue weighted by Gasteiger charge is 2.17. The van der Waals surface area contributed by atoms with Crippen molar-refractivity contribution in [2.45, 2.75) is 12.8 Å². The number of rotatable bonds is 5. The highest BCUT2D eigenvalue weighted by atomic mass is 16.5. The molecule has 2 rings (SSSR count). The molecule has 7 heteroatoms. The van der Waals surface area contributed by atoms with Gasteiger partial charge < -0.3 is 19.4 Å². The second kappa shape index (κ2) is 4.97. The molecule has 0 aliphatic heterocycles. The van der Waals surface area contributed by atoms with E-state index in [-0.39, 0.29) is 18.5 Å². The summed E-state index contributed by atoms with van der Waals surface area (Å²) >= 11 is 0. The Bertz CT molecular complexity index is 647. The van der Waals surface area contributed by atoms with Gasteiger partial charge in [-0.2, -0.15) is 0 Å². The van der Waals surface area contributed by atoms with E-state index in [4.69, 9.17) is 14.9 Å². The van der Waals surface area contributed by atoms with Gasteiger partial charge in [0.1, 0.15) is 11.6 Å². The topological polar surface area (TPSA) is 101 Å². The number of aliphatic carboxylic acids is 1. The van der Waals surface area contributed by atoms with E-state index >= 15 is 0 Å². The normalized spacial score (nSPS) is 10.6. The molecule has 0 amide bonds. The average Bonchev–Trinajstić information content (AvgIpc) is 2.74. The van der Waals surface area contributed by atoms with Crippen molar-refractivity contribution in [3.05, 3.63) is 29.8 Å². The molecule has 0 fully saturated rings. The van der Waals surface area contributed by atoms with E-state index in [1.165, 1.54) is 7.11 Å². The van der Waals surface area contributed by atoms with Crippen molar-refractivity contribution >= 4 is 17.5 Å². The van der Waals surface area contributed by atoms with Gasteiger partial charge in [-0.1, -0.05) is 0 Å². The molecule has 0 aromatic carbocycles. The van der Waals surface area contributed by atoms with Crippen LogP contribution in [0.15, 0.2) is 18.3 Å². The fourth-order valence-electron chi connectivity index (χ4n) is 1.81. The quantitative estimate of drug-likeness (QED) is 0.837. The van der Waals surface area contributed by atoms with Crippen molar-refractivity contribution in [3.63, 3.8) is 0 Å². The zero-order valence-corrected chi connectivity index (χ0v) is 10.2. The maximum atomic E-state index is 11.1. The first-order chi connectivity index (χ1) is 9.02. The summed E-state index contributed by atoms with van der Waals surface area (Å²) in [5.41, 5.74) is 0.270. The van der Waals surface area contributed by atoms with Crippen molar-refractivity contribution in [3.8, 4) is 5.75 Å². The number of methoxy groups -OCH3 is 1. The Morgan fingerprint density at radius 1 is 1.42 bits per heavy atom. The molecular formula is C12H12N2O5. The molecule has 100 valence electrons. The summed E-state index contributed by atoms with van der Waals surface area (Å²) in [7, 11) is 1.48. The Kier molecular flexibility index (Phi) is 3.37. The first-order valence-corrected chi connectivity index (χ1v) is 5.53. The van der Waals surface area contributed by atoms with E-state index in [9.17, 15) is 9.59 Å². The van der Waals surface area contributed by atoms with E-state index < -0.39 is 11.9 Å². The van der Waals surface area contributed by atoms with Gasteiger partial charge in [-0.15, -0.1) is 0 Å². The van der Waals surface area contributed by atoms with Crippen LogP contribution in [-0.4, -0.2) is 38.6 Å². The molecule has 2 aromatic rings. The molecule has 0 spiro atoms. The van der Waals surface area contributed by atoms with Crippen LogP contribution in [0, 0.1) is 0 Å². The van der Waals surface area contributed by atoms with Crippen molar-refractivity contribution < 1.29 is 24.5 Å². The van der Waals surface area contributed by atoms with E-state index in [0.29, 0.717) is 17.1 Å². The minimum absolute atomic E-state index is 0.107. The smallest absolute Gasteiger partial charge is 0.356 e. The first-order valence-electron chi connectivity index (χ1n) is 5.53. The molecule has 0 atom stereocenters. The Labute approximate surface area is 108 Å². The van der Waals surface area contributed by atoms with Gasteiger partial charge in [0.05, 0.1) is 19.0 Å². The van der Waals surface area contributed by atoms with Crippen LogP contribution in [0.2, 0.25) is 0 Å². The number of carboxylic acids is 2. The molecule has 7 nitrogen and oxygen atoms in total. The highest BCUT2D eigenvalue weighted by Crippen LogP contribution is 2.20. The van der Waals surface area contributed by atoms with Crippen molar-refractivity contribution in [1.29, 1.82) is 0 Å². The van der Waals surface area contributed by atoms with Gasteiger partial charge >= 0.3 is 11.9 Å². The maximum Gasteiger partial charge on any atom is 0.356 e. The molecule has 0 unspecified atom stereocenters. The number of nitrogens with zero attached hydrogens (tertiary/aromatic N) is 2. The third-order valence-corrected chi connectivity index (χ3v) is 2.69. The van der Waals surface area contributed by atoms with Crippen LogP contribution in [0.4, 0.5) is 0 Å². The number of aromatic nitrogens is 2. The van der Waals surface area contributed by atoms with Crippen LogP contribution in [0.5, 0.6) is 5.75 Å². The third-order valence-electron chi connectivity index (χ3n) is 2.69. The molecule has 0 aliphatic rings. The molecule has 0 radical (unpaired) electrons. The lowest BCUT2D eigenvalue weighted by molar-refractivity contribution is -0.137. The number of hydrogen-bond acceptors (Lipinski definition) is 4. The standard InChI is InChI=1S/C12H12N2O5/c1-19-7-4-5-14-8(6-7)11(12(17)18)13-9(14)2-3-10(15)16/h4-6H,2-3H2,1H3,(H,15,16)(H,17,18). The Morgan fingerprint density at radius 3 is 2.74 bits per heavy atom. The lowest BCUT2D eigenvalue weighted by atomic mass is 10.3. The summed E-state index contributed by atoms with van der Waals surface area (Å²) in [6.45, 7) is 0. The molecular weight excluding hydrogens is 252 g/mol. The molecule has 0 saturated heterocycles. The lowest BCUT2D eigenvalue weighted by Crippen LogP contribution is -2.01. The Balaban J connectivity index is 2.53. The van der Waals surface area contributed by atoms with Crippen molar-refractivity contribution in [2.24, 2.45) is 0 Å². The van der Waals surface area contributed by atoms with Gasteiger partial charge in [0.2, 0.25) is 0 Å². The van der Waals surface area contributed by atoms with E-state index in [1.807, 2.05) is 0 Å². The number of pyridine rings is 1. The van der Waals surface area contributed by atoms with Gasteiger partial charge in [-0.3, -0.25) is 4.79 Å². The molecule has 19 heavy (non-hydrogen) atoms. The van der Waals surface area contributed by atoms with Gasteiger partial charge in [-0.05, 0) is 6.07 Å². The van der Waals surface area contributed by atoms with Gasteiger partial charge in [0.25, 0.3) is 0 Å². The Hall–Kier alpha value is -2.57. The van der Waals surface area contributed by atoms with Crippen LogP contribution in [-0.2, 0) is 11.2 Å². The molecule has 0 saturated carbocycles. The van der Waals surface area contributed by atoms with Gasteiger partial charge in [0.15, 0.2) is 5.69 Å². The van der Waals surface area contributed by atoms with E-state index in [2.05, 4.69) is 4.98 Å². The first kappa shape index (κ1) is 12.9. The summed E-state index contributed by atoms with van der Waals surface area (Å²) in [6, 6.07) is 3.21. The fourth-order valence-corrected chi connectivity index (χ4v) is 1.81. The second-order valence-electron chi connectivity index (χ2n) is 3.90. The summed E-state index contributed by atoms with van der Waals surface area (Å²) in [6.07, 6.45) is 1.67. The monoisotopic (exact) mass is 264 g/mol. The number of carboxylic acid groups (broad SMARTS) is 2. The molecule has 2 aromatic heterocycles. The zero-order valence-electron chi connectivity index (χ0n) is 10.2. The van der Waals surface area contributed by atoms with Crippen LogP contribution < -0.4 is 4.74 Å². The van der Waals surface area contributed by atoms with Gasteiger partial charge in [-0.25, -0.2) is 9.78 Å².